The van der Waals surface area contributed by atoms with E-state index >= 15 is 0 Å². The van der Waals surface area contributed by atoms with Crippen LogP contribution in [0.25, 0.3) is 11.1 Å². The lowest BCUT2D eigenvalue weighted by Gasteiger charge is -2.30. The van der Waals surface area contributed by atoms with Crippen LogP contribution in [0.4, 0.5) is 13.2 Å². The summed E-state index contributed by atoms with van der Waals surface area (Å²) < 4.78 is 46.8. The number of rotatable bonds is 4. The third-order valence-electron chi connectivity index (χ3n) is 6.53. The summed E-state index contributed by atoms with van der Waals surface area (Å²) in [6.45, 7) is 1.87. The molecule has 3 heterocycles. The fraction of sp³-hybridized carbons (Fsp3) is 0.308. The molecule has 182 valence electrons. The SMILES string of the molecule is COC(=O)[C@@H]1CSc2c(-c3cccc(C(F)(F)F)c3)c(CN3CCc4ccccc4C3)cc(=O)n21. The quantitative estimate of drug-likeness (QED) is 0.477. The van der Waals surface area contributed by atoms with Crippen molar-refractivity contribution in [3.63, 3.8) is 0 Å². The lowest BCUT2D eigenvalue weighted by atomic mass is 9.96. The van der Waals surface area contributed by atoms with Crippen molar-refractivity contribution in [1.29, 1.82) is 0 Å². The van der Waals surface area contributed by atoms with E-state index < -0.39 is 23.8 Å². The van der Waals surface area contributed by atoms with Gasteiger partial charge in [-0.1, -0.05) is 36.4 Å². The Bertz CT molecular complexity index is 1350. The molecule has 0 aliphatic carbocycles. The maximum atomic E-state index is 13.5. The Morgan fingerprint density at radius 2 is 1.89 bits per heavy atom. The summed E-state index contributed by atoms with van der Waals surface area (Å²) in [6, 6.07) is 14.0. The number of benzene rings is 2. The van der Waals surface area contributed by atoms with Gasteiger partial charge in [0.1, 0.15) is 6.04 Å². The predicted molar refractivity (Wildman–Crippen MR) is 127 cm³/mol. The van der Waals surface area contributed by atoms with Crippen LogP contribution in [0.1, 0.15) is 28.3 Å². The van der Waals surface area contributed by atoms with Gasteiger partial charge in [-0.05, 0) is 40.8 Å². The van der Waals surface area contributed by atoms with Crippen molar-refractivity contribution in [3.05, 3.63) is 87.2 Å². The average Bonchev–Trinajstić information content (AvgIpc) is 3.29. The second-order valence-corrected chi connectivity index (χ2v) is 9.72. The highest BCUT2D eigenvalue weighted by Gasteiger charge is 2.35. The zero-order valence-corrected chi connectivity index (χ0v) is 19.8. The van der Waals surface area contributed by atoms with E-state index in [4.69, 9.17) is 4.74 Å². The van der Waals surface area contributed by atoms with E-state index in [2.05, 4.69) is 17.0 Å². The molecule has 0 amide bonds. The fourth-order valence-corrected chi connectivity index (χ4v) is 6.19. The van der Waals surface area contributed by atoms with E-state index in [1.165, 1.54) is 46.7 Å². The molecule has 0 saturated carbocycles. The third-order valence-corrected chi connectivity index (χ3v) is 7.69. The van der Waals surface area contributed by atoms with E-state index in [9.17, 15) is 22.8 Å². The van der Waals surface area contributed by atoms with Crippen molar-refractivity contribution in [3.8, 4) is 11.1 Å². The largest absolute Gasteiger partial charge is 0.467 e. The van der Waals surface area contributed by atoms with Gasteiger partial charge < -0.3 is 4.74 Å². The number of carbonyl (C=O) groups excluding carboxylic acids is 1. The van der Waals surface area contributed by atoms with Gasteiger partial charge in [0.2, 0.25) is 0 Å². The molecule has 0 N–H and O–H groups in total. The van der Waals surface area contributed by atoms with Crippen molar-refractivity contribution < 1.29 is 22.7 Å². The Morgan fingerprint density at radius 3 is 2.63 bits per heavy atom. The first kappa shape index (κ1) is 23.7. The molecule has 1 atom stereocenters. The number of halogens is 3. The molecule has 0 spiro atoms. The number of thioether (sulfide) groups is 1. The number of methoxy groups -OCH3 is 1. The van der Waals surface area contributed by atoms with Crippen LogP contribution in [0.5, 0.6) is 0 Å². The Kier molecular flexibility index (Phi) is 6.23. The average molecular weight is 501 g/mol. The second-order valence-electron chi connectivity index (χ2n) is 8.72. The van der Waals surface area contributed by atoms with E-state index in [1.807, 2.05) is 12.1 Å². The summed E-state index contributed by atoms with van der Waals surface area (Å²) in [5.74, 6) is -0.261. The lowest BCUT2D eigenvalue weighted by molar-refractivity contribution is -0.144. The molecule has 2 aliphatic heterocycles. The molecule has 0 fully saturated rings. The number of aromatic nitrogens is 1. The highest BCUT2D eigenvalue weighted by atomic mass is 32.2. The lowest BCUT2D eigenvalue weighted by Crippen LogP contribution is -2.33. The van der Waals surface area contributed by atoms with Crippen LogP contribution < -0.4 is 5.56 Å². The van der Waals surface area contributed by atoms with E-state index in [1.54, 1.807) is 6.07 Å². The number of carbonyl (C=O) groups is 1. The summed E-state index contributed by atoms with van der Waals surface area (Å²) >= 11 is 1.30. The van der Waals surface area contributed by atoms with Crippen LogP contribution in [0, 0.1) is 0 Å². The second kappa shape index (κ2) is 9.20. The highest BCUT2D eigenvalue weighted by molar-refractivity contribution is 7.99. The van der Waals surface area contributed by atoms with Crippen LogP contribution in [0.2, 0.25) is 0 Å². The topological polar surface area (TPSA) is 51.5 Å². The first-order valence-corrected chi connectivity index (χ1v) is 12.2. The Balaban J connectivity index is 1.62. The number of hydrogen-bond donors (Lipinski definition) is 0. The number of nitrogens with zero attached hydrogens (tertiary/aromatic N) is 2. The summed E-state index contributed by atoms with van der Waals surface area (Å²) in [7, 11) is 1.26. The Hall–Kier alpha value is -3.04. The van der Waals surface area contributed by atoms with Gasteiger partial charge in [-0.25, -0.2) is 4.79 Å². The Morgan fingerprint density at radius 1 is 1.11 bits per heavy atom. The molecule has 0 bridgehead atoms. The van der Waals surface area contributed by atoms with Gasteiger partial charge in [0.25, 0.3) is 5.56 Å². The van der Waals surface area contributed by atoms with Gasteiger partial charge in [-0.3, -0.25) is 14.3 Å². The Labute approximate surface area is 204 Å². The minimum atomic E-state index is -4.50. The normalized spacial score (nSPS) is 17.7. The van der Waals surface area contributed by atoms with Gasteiger partial charge in [0.05, 0.1) is 17.7 Å². The van der Waals surface area contributed by atoms with Gasteiger partial charge in [0.15, 0.2) is 0 Å². The first-order chi connectivity index (χ1) is 16.8. The summed E-state index contributed by atoms with van der Waals surface area (Å²) in [5, 5.41) is 0.500. The monoisotopic (exact) mass is 500 g/mol. The molecule has 0 unspecified atom stereocenters. The summed E-state index contributed by atoms with van der Waals surface area (Å²) in [5.41, 5.74) is 2.96. The minimum absolute atomic E-state index is 0.286. The van der Waals surface area contributed by atoms with Gasteiger partial charge in [-0.2, -0.15) is 13.2 Å². The third kappa shape index (κ3) is 4.50. The number of hydrogen-bond acceptors (Lipinski definition) is 5. The molecule has 3 aromatic rings. The number of fused-ring (bicyclic) bond motifs is 2. The van der Waals surface area contributed by atoms with Crippen molar-refractivity contribution >= 4 is 17.7 Å². The molecular formula is C26H23F3N2O3S. The van der Waals surface area contributed by atoms with E-state index in [-0.39, 0.29) is 11.3 Å². The molecule has 5 rings (SSSR count). The maximum Gasteiger partial charge on any atom is 0.416 e. The molecule has 35 heavy (non-hydrogen) atoms. The van der Waals surface area contributed by atoms with Crippen molar-refractivity contribution in [2.45, 2.75) is 36.8 Å². The smallest absolute Gasteiger partial charge is 0.416 e. The van der Waals surface area contributed by atoms with Crippen LogP contribution in [0.3, 0.4) is 0 Å². The summed E-state index contributed by atoms with van der Waals surface area (Å²) in [4.78, 5) is 27.7. The molecule has 2 aliphatic rings. The van der Waals surface area contributed by atoms with Crippen LogP contribution in [0.15, 0.2) is 64.4 Å². The van der Waals surface area contributed by atoms with Crippen molar-refractivity contribution in [2.24, 2.45) is 0 Å². The van der Waals surface area contributed by atoms with Gasteiger partial charge >= 0.3 is 12.1 Å². The van der Waals surface area contributed by atoms with Gasteiger partial charge in [0, 0.05) is 37.0 Å². The maximum absolute atomic E-state index is 13.5. The minimum Gasteiger partial charge on any atom is -0.467 e. The van der Waals surface area contributed by atoms with Crippen molar-refractivity contribution in [2.75, 3.05) is 19.4 Å². The first-order valence-electron chi connectivity index (χ1n) is 11.2. The molecule has 1 aromatic heterocycles. The fourth-order valence-electron chi connectivity index (χ4n) is 4.84. The van der Waals surface area contributed by atoms with E-state index in [0.29, 0.717) is 34.8 Å². The van der Waals surface area contributed by atoms with E-state index in [0.717, 1.165) is 25.1 Å². The molecule has 0 saturated heterocycles. The number of pyridine rings is 1. The number of alkyl halides is 3. The molecule has 5 nitrogen and oxygen atoms in total. The standard InChI is InChI=1S/C26H23F3N2O3S/c1-34-25(33)21-15-35-24-23(17-7-4-8-20(11-17)26(27,28)29)19(12-22(32)31(21)24)14-30-10-9-16-5-2-3-6-18(16)13-30/h2-8,11-12,21H,9-10,13-15H2,1H3/t21-/m0/s1. The highest BCUT2D eigenvalue weighted by Crippen LogP contribution is 2.43. The number of esters is 1. The summed E-state index contributed by atoms with van der Waals surface area (Å²) in [6.07, 6.45) is -3.64. The predicted octanol–water partition coefficient (Wildman–Crippen LogP) is 4.91. The zero-order valence-electron chi connectivity index (χ0n) is 19.0. The van der Waals surface area contributed by atoms with Crippen molar-refractivity contribution in [1.82, 2.24) is 9.47 Å². The van der Waals surface area contributed by atoms with Gasteiger partial charge in [-0.15, -0.1) is 11.8 Å². The molecule has 0 radical (unpaired) electrons. The molecular weight excluding hydrogens is 477 g/mol. The number of ether oxygens (including phenoxy) is 1. The van der Waals surface area contributed by atoms with Crippen LogP contribution in [-0.4, -0.2) is 34.8 Å². The molecule has 2 aromatic carbocycles. The van der Waals surface area contributed by atoms with Crippen LogP contribution in [-0.2, 0) is 35.2 Å². The van der Waals surface area contributed by atoms with Crippen LogP contribution >= 0.6 is 11.8 Å². The zero-order chi connectivity index (χ0) is 24.7. The molecule has 9 heteroatoms.